The van der Waals surface area contributed by atoms with Crippen molar-refractivity contribution in [3.05, 3.63) is 59.7 Å². The molecule has 5 heteroatoms. The van der Waals surface area contributed by atoms with E-state index in [9.17, 15) is 5.11 Å². The van der Waals surface area contributed by atoms with Crippen LogP contribution in [0, 0.1) is 0 Å². The average Bonchev–Trinajstić information content (AvgIpc) is 2.67. The van der Waals surface area contributed by atoms with E-state index in [2.05, 4.69) is 22.3 Å². The number of aliphatic hydroxyl groups excluding tert-OH is 1. The van der Waals surface area contributed by atoms with Gasteiger partial charge in [0.05, 0.1) is 6.61 Å². The van der Waals surface area contributed by atoms with Crippen molar-refractivity contribution >= 4 is 0 Å². The molecule has 0 bridgehead atoms. The number of fused-ring (bicyclic) bond motifs is 2. The lowest BCUT2D eigenvalue weighted by Crippen LogP contribution is -2.30. The maximum atomic E-state index is 9.38. The number of rotatable bonds is 2. The number of hydrogen-bond donors (Lipinski definition) is 2. The van der Waals surface area contributed by atoms with Crippen LogP contribution in [0.25, 0.3) is 0 Å². The molecule has 1 aliphatic rings. The number of hydrogen-bond acceptors (Lipinski definition) is 5. The van der Waals surface area contributed by atoms with Gasteiger partial charge < -0.3 is 19.9 Å². The number of nitrogens with zero attached hydrogens (tertiary/aromatic N) is 1. The molecule has 2 aromatic carbocycles. The molecule has 0 radical (unpaired) electrons. The zero-order valence-electron chi connectivity index (χ0n) is 15.2. The first-order chi connectivity index (χ1) is 12.9. The van der Waals surface area contributed by atoms with Crippen LogP contribution in [0.4, 0.5) is 0 Å². The molecule has 0 atom stereocenters. The molecule has 0 saturated carbocycles. The summed E-state index contributed by atoms with van der Waals surface area (Å²) in [7, 11) is 0. The monoisotopic (exact) mass is 356 g/mol. The molecule has 0 aromatic heterocycles. The summed E-state index contributed by atoms with van der Waals surface area (Å²) >= 11 is 0. The van der Waals surface area contributed by atoms with Gasteiger partial charge in [0, 0.05) is 30.8 Å². The van der Waals surface area contributed by atoms with Gasteiger partial charge in [-0.2, -0.15) is 0 Å². The van der Waals surface area contributed by atoms with Gasteiger partial charge in [0.2, 0.25) is 0 Å². The third-order valence-electron chi connectivity index (χ3n) is 4.50. The van der Waals surface area contributed by atoms with Gasteiger partial charge in [-0.3, -0.25) is 4.90 Å². The number of aliphatic hydroxyl groups is 1. The van der Waals surface area contributed by atoms with E-state index in [1.54, 1.807) is 0 Å². The van der Waals surface area contributed by atoms with E-state index in [0.29, 0.717) is 19.8 Å². The summed E-state index contributed by atoms with van der Waals surface area (Å²) in [5, 5.41) is 12.9. The molecule has 140 valence electrons. The van der Waals surface area contributed by atoms with Crippen LogP contribution >= 0.6 is 0 Å². The fourth-order valence-corrected chi connectivity index (χ4v) is 3.17. The van der Waals surface area contributed by atoms with Gasteiger partial charge in [0.15, 0.2) is 0 Å². The fourth-order valence-electron chi connectivity index (χ4n) is 3.17. The summed E-state index contributed by atoms with van der Waals surface area (Å²) in [4.78, 5) is 2.27. The van der Waals surface area contributed by atoms with E-state index in [1.165, 1.54) is 0 Å². The number of nitrogens with one attached hydrogen (secondary N) is 1. The smallest absolute Gasteiger partial charge is 0.123 e. The second-order valence-corrected chi connectivity index (χ2v) is 6.44. The fraction of sp³-hybridized carbons (Fsp3) is 0.429. The Labute approximate surface area is 155 Å². The normalized spacial score (nSPS) is 17.0. The van der Waals surface area contributed by atoms with E-state index in [-0.39, 0.29) is 6.61 Å². The molecule has 2 aromatic rings. The lowest BCUT2D eigenvalue weighted by Gasteiger charge is -2.22. The van der Waals surface area contributed by atoms with Crippen LogP contribution in [-0.2, 0) is 13.1 Å². The van der Waals surface area contributed by atoms with Crippen molar-refractivity contribution in [2.45, 2.75) is 19.5 Å². The van der Waals surface area contributed by atoms with Crippen LogP contribution in [0.3, 0.4) is 0 Å². The van der Waals surface area contributed by atoms with Gasteiger partial charge in [0.25, 0.3) is 0 Å². The van der Waals surface area contributed by atoms with Crippen LogP contribution < -0.4 is 14.8 Å². The summed E-state index contributed by atoms with van der Waals surface area (Å²) in [6, 6.07) is 16.2. The molecule has 26 heavy (non-hydrogen) atoms. The highest BCUT2D eigenvalue weighted by Gasteiger charge is 2.11. The first-order valence-corrected chi connectivity index (χ1v) is 9.32. The molecule has 3 rings (SSSR count). The summed E-state index contributed by atoms with van der Waals surface area (Å²) in [6.45, 7) is 5.26. The van der Waals surface area contributed by atoms with Crippen molar-refractivity contribution in [1.82, 2.24) is 10.2 Å². The van der Waals surface area contributed by atoms with Crippen LogP contribution in [0.15, 0.2) is 48.5 Å². The first-order valence-electron chi connectivity index (χ1n) is 9.32. The Morgan fingerprint density at radius 3 is 2.31 bits per heavy atom. The largest absolute Gasteiger partial charge is 0.490 e. The predicted octanol–water partition coefficient (Wildman–Crippen LogP) is 2.43. The molecule has 1 heterocycles. The molecule has 0 spiro atoms. The summed E-state index contributed by atoms with van der Waals surface area (Å²) < 4.78 is 11.9. The molecule has 0 fully saturated rings. The Hall–Kier alpha value is -2.08. The van der Waals surface area contributed by atoms with Crippen molar-refractivity contribution in [2.75, 3.05) is 39.5 Å². The van der Waals surface area contributed by atoms with Gasteiger partial charge in [-0.15, -0.1) is 0 Å². The van der Waals surface area contributed by atoms with Crippen LogP contribution in [0.2, 0.25) is 0 Å². The lowest BCUT2D eigenvalue weighted by molar-refractivity contribution is 0.183. The van der Waals surface area contributed by atoms with Gasteiger partial charge >= 0.3 is 0 Å². The Kier molecular flexibility index (Phi) is 7.31. The Balaban J connectivity index is 1.73. The Morgan fingerprint density at radius 1 is 0.923 bits per heavy atom. The number of para-hydroxylation sites is 2. The number of ether oxygens (including phenoxy) is 2. The molecule has 0 aliphatic carbocycles. The minimum absolute atomic E-state index is 0.164. The Morgan fingerprint density at radius 2 is 1.58 bits per heavy atom. The zero-order chi connectivity index (χ0) is 18.0. The maximum absolute atomic E-state index is 9.38. The van der Waals surface area contributed by atoms with E-state index in [0.717, 1.165) is 55.2 Å². The second kappa shape index (κ2) is 10.2. The van der Waals surface area contributed by atoms with E-state index in [1.807, 2.05) is 36.4 Å². The highest BCUT2D eigenvalue weighted by molar-refractivity contribution is 5.34. The highest BCUT2D eigenvalue weighted by atomic mass is 16.5. The maximum Gasteiger partial charge on any atom is 0.123 e. The molecule has 2 N–H and O–H groups in total. The third-order valence-corrected chi connectivity index (χ3v) is 4.50. The van der Waals surface area contributed by atoms with Crippen molar-refractivity contribution in [2.24, 2.45) is 0 Å². The van der Waals surface area contributed by atoms with E-state index >= 15 is 0 Å². The third kappa shape index (κ3) is 5.46. The standard InChI is InChI=1S/C21H28N2O3/c24-13-12-23-11-5-10-22-16-18-6-1-3-8-20(18)25-14-15-26-21-9-4-2-7-19(21)17-23/h1-4,6-9,22,24H,5,10-17H2. The summed E-state index contributed by atoms with van der Waals surface area (Å²) in [5.41, 5.74) is 2.30. The molecule has 0 amide bonds. The van der Waals surface area contributed by atoms with Crippen LogP contribution in [0.1, 0.15) is 17.5 Å². The van der Waals surface area contributed by atoms with Gasteiger partial charge in [-0.1, -0.05) is 36.4 Å². The van der Waals surface area contributed by atoms with Crippen LogP contribution in [-0.4, -0.2) is 49.5 Å². The van der Waals surface area contributed by atoms with Gasteiger partial charge in [0.1, 0.15) is 24.7 Å². The minimum atomic E-state index is 0.164. The molecular formula is C21H28N2O3. The van der Waals surface area contributed by atoms with Crippen molar-refractivity contribution in [3.63, 3.8) is 0 Å². The highest BCUT2D eigenvalue weighted by Crippen LogP contribution is 2.21. The van der Waals surface area contributed by atoms with Crippen molar-refractivity contribution in [3.8, 4) is 11.5 Å². The summed E-state index contributed by atoms with van der Waals surface area (Å²) in [5.74, 6) is 1.80. The number of benzene rings is 2. The molecular weight excluding hydrogens is 328 g/mol. The number of β-amino-alcohol motifs (C(OH)–C–C–N with tert-alkyl or cyclic N) is 1. The SMILES string of the molecule is OCCN1CCCNCc2ccccc2OCCOc2ccccc2C1. The second-order valence-electron chi connectivity index (χ2n) is 6.44. The molecule has 0 saturated heterocycles. The minimum Gasteiger partial charge on any atom is -0.490 e. The lowest BCUT2D eigenvalue weighted by atomic mass is 10.2. The first kappa shape index (κ1) is 18.7. The quantitative estimate of drug-likeness (QED) is 0.866. The topological polar surface area (TPSA) is 54.0 Å². The molecule has 0 unspecified atom stereocenters. The average molecular weight is 356 g/mol. The molecule has 5 nitrogen and oxygen atoms in total. The summed E-state index contributed by atoms with van der Waals surface area (Å²) in [6.07, 6.45) is 1.02. The van der Waals surface area contributed by atoms with Crippen molar-refractivity contribution in [1.29, 1.82) is 0 Å². The van der Waals surface area contributed by atoms with E-state index < -0.39 is 0 Å². The zero-order valence-corrected chi connectivity index (χ0v) is 15.2. The van der Waals surface area contributed by atoms with Crippen LogP contribution in [0.5, 0.6) is 11.5 Å². The molecule has 1 aliphatic heterocycles. The van der Waals surface area contributed by atoms with Crippen molar-refractivity contribution < 1.29 is 14.6 Å². The Bertz CT molecular complexity index is 678. The van der Waals surface area contributed by atoms with Gasteiger partial charge in [-0.05, 0) is 31.6 Å². The van der Waals surface area contributed by atoms with Gasteiger partial charge in [-0.25, -0.2) is 0 Å². The predicted molar refractivity (Wildman–Crippen MR) is 103 cm³/mol. The van der Waals surface area contributed by atoms with E-state index in [4.69, 9.17) is 9.47 Å².